The van der Waals surface area contributed by atoms with Crippen LogP contribution in [0.1, 0.15) is 24.7 Å². The molecule has 1 aromatic heterocycles. The van der Waals surface area contributed by atoms with Crippen LogP contribution in [0.25, 0.3) is 0 Å². The molecule has 8 heteroatoms. The molecule has 1 aliphatic heterocycles. The van der Waals surface area contributed by atoms with Gasteiger partial charge in [0.25, 0.3) is 0 Å². The minimum absolute atomic E-state index is 0.0376. The standard InChI is InChI=1S/C18H23ClN4O2S/c1-4-23(15-7-8-26(24,25)11-15)18-10-17(20-13(3)21-18)22-16-6-5-14(19)9-12(16)2/h5-6,9-10,15H,4,7-8,11H2,1-3H3,(H,20,21,22). The number of rotatable bonds is 5. The first-order valence-corrected chi connectivity index (χ1v) is 10.8. The summed E-state index contributed by atoms with van der Waals surface area (Å²) in [5.74, 6) is 2.49. The van der Waals surface area contributed by atoms with Crippen molar-refractivity contribution in [2.75, 3.05) is 28.3 Å². The van der Waals surface area contributed by atoms with Crippen molar-refractivity contribution in [3.63, 3.8) is 0 Å². The Morgan fingerprint density at radius 3 is 2.65 bits per heavy atom. The van der Waals surface area contributed by atoms with Crippen LogP contribution in [0.4, 0.5) is 17.3 Å². The Morgan fingerprint density at radius 2 is 2.04 bits per heavy atom. The molecule has 1 aliphatic rings. The number of sulfone groups is 1. The van der Waals surface area contributed by atoms with Crippen LogP contribution in [0, 0.1) is 13.8 Å². The Kier molecular flexibility index (Phi) is 5.39. The van der Waals surface area contributed by atoms with E-state index in [1.807, 2.05) is 45.0 Å². The number of nitrogens with zero attached hydrogens (tertiary/aromatic N) is 3. The van der Waals surface area contributed by atoms with Crippen molar-refractivity contribution < 1.29 is 8.42 Å². The van der Waals surface area contributed by atoms with E-state index in [9.17, 15) is 8.42 Å². The fraction of sp³-hybridized carbons (Fsp3) is 0.444. The molecule has 0 saturated carbocycles. The topological polar surface area (TPSA) is 75.2 Å². The molecular weight excluding hydrogens is 372 g/mol. The third kappa shape index (κ3) is 4.27. The number of nitrogens with one attached hydrogen (secondary N) is 1. The predicted octanol–water partition coefficient (Wildman–Crippen LogP) is 3.50. The maximum absolute atomic E-state index is 11.9. The molecule has 0 bridgehead atoms. The van der Waals surface area contributed by atoms with Gasteiger partial charge >= 0.3 is 0 Å². The average Bonchev–Trinajstić information content (AvgIpc) is 2.90. The number of anilines is 3. The summed E-state index contributed by atoms with van der Waals surface area (Å²) in [5, 5.41) is 4.00. The number of aryl methyl sites for hydroxylation is 2. The van der Waals surface area contributed by atoms with Crippen LogP contribution in [0.2, 0.25) is 5.02 Å². The summed E-state index contributed by atoms with van der Waals surface area (Å²) in [6.45, 7) is 6.52. The molecule has 6 nitrogen and oxygen atoms in total. The van der Waals surface area contributed by atoms with Crippen molar-refractivity contribution >= 4 is 38.8 Å². The van der Waals surface area contributed by atoms with Gasteiger partial charge in [0, 0.05) is 29.4 Å². The zero-order valence-corrected chi connectivity index (χ0v) is 16.7. The van der Waals surface area contributed by atoms with Gasteiger partial charge in [-0.1, -0.05) is 11.6 Å². The first kappa shape index (κ1) is 18.9. The van der Waals surface area contributed by atoms with Crippen molar-refractivity contribution in [1.82, 2.24) is 9.97 Å². The maximum Gasteiger partial charge on any atom is 0.152 e. The van der Waals surface area contributed by atoms with Crippen molar-refractivity contribution in [2.24, 2.45) is 0 Å². The molecule has 2 heterocycles. The van der Waals surface area contributed by atoms with Gasteiger partial charge in [-0.05, 0) is 51.0 Å². The van der Waals surface area contributed by atoms with E-state index in [0.29, 0.717) is 29.6 Å². The number of benzene rings is 1. The number of aromatic nitrogens is 2. The van der Waals surface area contributed by atoms with Crippen LogP contribution in [0.3, 0.4) is 0 Å². The third-order valence-electron chi connectivity index (χ3n) is 4.56. The summed E-state index contributed by atoms with van der Waals surface area (Å²) >= 11 is 6.02. The number of hydrogen-bond acceptors (Lipinski definition) is 6. The van der Waals surface area contributed by atoms with Crippen molar-refractivity contribution in [3.8, 4) is 0 Å². The first-order valence-electron chi connectivity index (χ1n) is 8.63. The fourth-order valence-corrected chi connectivity index (χ4v) is 5.25. The highest BCUT2D eigenvalue weighted by Gasteiger charge is 2.32. The van der Waals surface area contributed by atoms with Crippen LogP contribution in [-0.2, 0) is 9.84 Å². The highest BCUT2D eigenvalue weighted by Crippen LogP contribution is 2.27. The fourth-order valence-electron chi connectivity index (χ4n) is 3.30. The summed E-state index contributed by atoms with van der Waals surface area (Å²) in [6.07, 6.45) is 0.637. The minimum Gasteiger partial charge on any atom is -0.353 e. The van der Waals surface area contributed by atoms with Gasteiger partial charge in [0.1, 0.15) is 17.5 Å². The molecule has 140 valence electrons. The Labute approximate surface area is 159 Å². The van der Waals surface area contributed by atoms with Gasteiger partial charge in [-0.25, -0.2) is 18.4 Å². The van der Waals surface area contributed by atoms with Crippen molar-refractivity contribution in [1.29, 1.82) is 0 Å². The molecule has 0 aliphatic carbocycles. The van der Waals surface area contributed by atoms with Gasteiger partial charge in [0.05, 0.1) is 11.5 Å². The molecule has 0 spiro atoms. The SMILES string of the molecule is CCN(c1cc(Nc2ccc(Cl)cc2C)nc(C)n1)C1CCS(=O)(=O)C1. The first-order chi connectivity index (χ1) is 12.3. The average molecular weight is 395 g/mol. The maximum atomic E-state index is 11.9. The van der Waals surface area contributed by atoms with E-state index in [1.165, 1.54) is 0 Å². The lowest BCUT2D eigenvalue weighted by Gasteiger charge is -2.28. The molecule has 0 amide bonds. The summed E-state index contributed by atoms with van der Waals surface area (Å²) in [6, 6.07) is 7.46. The zero-order valence-electron chi connectivity index (χ0n) is 15.2. The van der Waals surface area contributed by atoms with Crippen LogP contribution in [0.15, 0.2) is 24.3 Å². The van der Waals surface area contributed by atoms with Crippen molar-refractivity contribution in [2.45, 2.75) is 33.2 Å². The van der Waals surface area contributed by atoms with Gasteiger partial charge in [0.2, 0.25) is 0 Å². The Bertz CT molecular complexity index is 917. The molecule has 1 atom stereocenters. The Hall–Kier alpha value is -1.86. The van der Waals surface area contributed by atoms with E-state index in [-0.39, 0.29) is 17.5 Å². The molecule has 1 saturated heterocycles. The van der Waals surface area contributed by atoms with Crippen LogP contribution in [0.5, 0.6) is 0 Å². The van der Waals surface area contributed by atoms with E-state index >= 15 is 0 Å². The molecule has 26 heavy (non-hydrogen) atoms. The van der Waals surface area contributed by atoms with Gasteiger partial charge in [-0.2, -0.15) is 0 Å². The Morgan fingerprint density at radius 1 is 1.27 bits per heavy atom. The lowest BCUT2D eigenvalue weighted by molar-refractivity contribution is 0.599. The quantitative estimate of drug-likeness (QED) is 0.836. The molecular formula is C18H23ClN4O2S. The molecule has 1 aromatic carbocycles. The van der Waals surface area contributed by atoms with E-state index in [1.54, 1.807) is 0 Å². The van der Waals surface area contributed by atoms with Crippen molar-refractivity contribution in [3.05, 3.63) is 40.7 Å². The van der Waals surface area contributed by atoms with Gasteiger partial charge in [0.15, 0.2) is 9.84 Å². The van der Waals surface area contributed by atoms with Crippen LogP contribution < -0.4 is 10.2 Å². The normalized spacial score (nSPS) is 18.7. The van der Waals surface area contributed by atoms with E-state index in [2.05, 4.69) is 20.2 Å². The monoisotopic (exact) mass is 394 g/mol. The highest BCUT2D eigenvalue weighted by atomic mass is 35.5. The van der Waals surface area contributed by atoms with Gasteiger partial charge in [-0.3, -0.25) is 0 Å². The smallest absolute Gasteiger partial charge is 0.152 e. The Balaban J connectivity index is 1.89. The summed E-state index contributed by atoms with van der Waals surface area (Å²) in [7, 11) is -2.95. The van der Waals surface area contributed by atoms with Crippen LogP contribution >= 0.6 is 11.6 Å². The van der Waals surface area contributed by atoms with E-state index < -0.39 is 9.84 Å². The predicted molar refractivity (Wildman–Crippen MR) is 106 cm³/mol. The summed E-state index contributed by atoms with van der Waals surface area (Å²) < 4.78 is 23.7. The van der Waals surface area contributed by atoms with Gasteiger partial charge in [-0.15, -0.1) is 0 Å². The van der Waals surface area contributed by atoms with Crippen LogP contribution in [-0.4, -0.2) is 42.5 Å². The lowest BCUT2D eigenvalue weighted by atomic mass is 10.2. The molecule has 3 rings (SSSR count). The zero-order chi connectivity index (χ0) is 18.9. The second-order valence-corrected chi connectivity index (χ2v) is 9.25. The third-order valence-corrected chi connectivity index (χ3v) is 6.55. The molecule has 0 radical (unpaired) electrons. The van der Waals surface area contributed by atoms with Gasteiger partial charge < -0.3 is 10.2 Å². The van der Waals surface area contributed by atoms with E-state index in [4.69, 9.17) is 11.6 Å². The second-order valence-electron chi connectivity index (χ2n) is 6.59. The molecule has 1 fully saturated rings. The summed E-state index contributed by atoms with van der Waals surface area (Å²) in [4.78, 5) is 11.1. The minimum atomic E-state index is -2.95. The number of hydrogen-bond donors (Lipinski definition) is 1. The molecule has 2 aromatic rings. The van der Waals surface area contributed by atoms with E-state index in [0.717, 1.165) is 17.1 Å². The molecule has 1 unspecified atom stereocenters. The lowest BCUT2D eigenvalue weighted by Crippen LogP contribution is -2.37. The largest absolute Gasteiger partial charge is 0.353 e. The highest BCUT2D eigenvalue weighted by molar-refractivity contribution is 7.91. The second kappa shape index (κ2) is 7.40. The number of halogens is 1. The summed E-state index contributed by atoms with van der Waals surface area (Å²) in [5.41, 5.74) is 1.94. The molecule has 1 N–H and O–H groups in total.